The Morgan fingerprint density at radius 1 is 1.11 bits per heavy atom. The summed E-state index contributed by atoms with van der Waals surface area (Å²) in [6.07, 6.45) is 1.72. The standard InChI is InChI=1S/C14H23NO3S/c1-4-5-6-15(7-8-16)19(17,18)14-10-12(2)9-13(3)11-14/h9-11,16H,4-8H2,1-3H3. The number of aryl methyl sites for hydroxylation is 2. The third-order valence-electron chi connectivity index (χ3n) is 2.94. The van der Waals surface area contributed by atoms with Crippen molar-refractivity contribution in [3.8, 4) is 0 Å². The van der Waals surface area contributed by atoms with E-state index in [0.29, 0.717) is 11.4 Å². The van der Waals surface area contributed by atoms with Gasteiger partial charge in [0.15, 0.2) is 0 Å². The Balaban J connectivity index is 3.10. The molecule has 0 atom stereocenters. The second kappa shape index (κ2) is 7.03. The van der Waals surface area contributed by atoms with Gasteiger partial charge in [-0.1, -0.05) is 19.4 Å². The molecule has 1 aromatic rings. The smallest absolute Gasteiger partial charge is 0.243 e. The minimum absolute atomic E-state index is 0.148. The lowest BCUT2D eigenvalue weighted by molar-refractivity contribution is 0.252. The average Bonchev–Trinajstić information content (AvgIpc) is 2.33. The monoisotopic (exact) mass is 285 g/mol. The summed E-state index contributed by atoms with van der Waals surface area (Å²) >= 11 is 0. The van der Waals surface area contributed by atoms with Gasteiger partial charge in [-0.05, 0) is 43.5 Å². The van der Waals surface area contributed by atoms with Crippen LogP contribution in [-0.4, -0.2) is 37.5 Å². The first-order valence-electron chi connectivity index (χ1n) is 6.61. The van der Waals surface area contributed by atoms with Crippen LogP contribution in [0.3, 0.4) is 0 Å². The fourth-order valence-electron chi connectivity index (χ4n) is 2.03. The van der Waals surface area contributed by atoms with E-state index in [1.165, 1.54) is 4.31 Å². The Kier molecular flexibility index (Phi) is 5.97. The molecule has 0 heterocycles. The fourth-order valence-corrected chi connectivity index (χ4v) is 3.69. The van der Waals surface area contributed by atoms with E-state index in [4.69, 9.17) is 5.11 Å². The fraction of sp³-hybridized carbons (Fsp3) is 0.571. The topological polar surface area (TPSA) is 57.6 Å². The second-order valence-corrected chi connectivity index (χ2v) is 6.74. The predicted molar refractivity (Wildman–Crippen MR) is 76.7 cm³/mol. The lowest BCUT2D eigenvalue weighted by atomic mass is 10.2. The molecule has 0 bridgehead atoms. The van der Waals surface area contributed by atoms with Crippen LogP contribution in [0.1, 0.15) is 30.9 Å². The van der Waals surface area contributed by atoms with Crippen LogP contribution < -0.4 is 0 Å². The van der Waals surface area contributed by atoms with Gasteiger partial charge in [0.1, 0.15) is 0 Å². The van der Waals surface area contributed by atoms with Crippen LogP contribution in [0.15, 0.2) is 23.1 Å². The number of sulfonamides is 1. The van der Waals surface area contributed by atoms with Crippen LogP contribution in [0.4, 0.5) is 0 Å². The molecule has 0 saturated heterocycles. The van der Waals surface area contributed by atoms with E-state index in [2.05, 4.69) is 0 Å². The molecule has 0 unspecified atom stereocenters. The van der Waals surface area contributed by atoms with Crippen LogP contribution in [-0.2, 0) is 10.0 Å². The van der Waals surface area contributed by atoms with Gasteiger partial charge >= 0.3 is 0 Å². The van der Waals surface area contributed by atoms with Gasteiger partial charge in [-0.25, -0.2) is 8.42 Å². The van der Waals surface area contributed by atoms with Crippen molar-refractivity contribution in [3.05, 3.63) is 29.3 Å². The van der Waals surface area contributed by atoms with Crippen molar-refractivity contribution in [2.24, 2.45) is 0 Å². The molecule has 1 aromatic carbocycles. The van der Waals surface area contributed by atoms with Gasteiger partial charge in [0, 0.05) is 13.1 Å². The maximum Gasteiger partial charge on any atom is 0.243 e. The van der Waals surface area contributed by atoms with Crippen molar-refractivity contribution in [1.82, 2.24) is 4.31 Å². The van der Waals surface area contributed by atoms with Crippen LogP contribution in [0.25, 0.3) is 0 Å². The number of hydrogen-bond donors (Lipinski definition) is 1. The van der Waals surface area contributed by atoms with Crippen molar-refractivity contribution in [2.75, 3.05) is 19.7 Å². The van der Waals surface area contributed by atoms with Crippen molar-refractivity contribution in [3.63, 3.8) is 0 Å². The minimum Gasteiger partial charge on any atom is -0.395 e. The zero-order valence-electron chi connectivity index (χ0n) is 11.9. The maximum atomic E-state index is 12.5. The first-order valence-corrected chi connectivity index (χ1v) is 8.05. The molecule has 19 heavy (non-hydrogen) atoms. The van der Waals surface area contributed by atoms with Crippen LogP contribution >= 0.6 is 0 Å². The molecule has 1 rings (SSSR count). The molecule has 0 saturated carbocycles. The highest BCUT2D eigenvalue weighted by atomic mass is 32.2. The molecule has 108 valence electrons. The van der Waals surface area contributed by atoms with Crippen LogP contribution in [0.2, 0.25) is 0 Å². The molecule has 0 fully saturated rings. The minimum atomic E-state index is -3.51. The summed E-state index contributed by atoms with van der Waals surface area (Å²) in [6.45, 7) is 6.22. The maximum absolute atomic E-state index is 12.5. The van der Waals surface area contributed by atoms with Gasteiger partial charge in [-0.2, -0.15) is 4.31 Å². The molecular weight excluding hydrogens is 262 g/mol. The molecule has 0 aliphatic rings. The van der Waals surface area contributed by atoms with E-state index in [9.17, 15) is 8.42 Å². The Hall–Kier alpha value is -0.910. The largest absolute Gasteiger partial charge is 0.395 e. The Bertz CT molecular complexity index is 491. The molecule has 0 amide bonds. The average molecular weight is 285 g/mol. The summed E-state index contributed by atoms with van der Waals surface area (Å²) in [6, 6.07) is 5.30. The van der Waals surface area contributed by atoms with Gasteiger partial charge in [0.2, 0.25) is 10.0 Å². The van der Waals surface area contributed by atoms with E-state index in [0.717, 1.165) is 24.0 Å². The van der Waals surface area contributed by atoms with E-state index < -0.39 is 10.0 Å². The zero-order valence-corrected chi connectivity index (χ0v) is 12.7. The Morgan fingerprint density at radius 2 is 1.68 bits per heavy atom. The van der Waals surface area contributed by atoms with E-state index in [1.807, 2.05) is 26.8 Å². The van der Waals surface area contributed by atoms with Gasteiger partial charge < -0.3 is 5.11 Å². The zero-order chi connectivity index (χ0) is 14.5. The number of rotatable bonds is 7. The van der Waals surface area contributed by atoms with Gasteiger partial charge in [0.25, 0.3) is 0 Å². The Morgan fingerprint density at radius 3 is 2.16 bits per heavy atom. The predicted octanol–water partition coefficient (Wildman–Crippen LogP) is 2.09. The van der Waals surface area contributed by atoms with Crippen molar-refractivity contribution >= 4 is 10.0 Å². The molecule has 0 aliphatic carbocycles. The number of aliphatic hydroxyl groups excluding tert-OH is 1. The van der Waals surface area contributed by atoms with Crippen LogP contribution in [0, 0.1) is 13.8 Å². The van der Waals surface area contributed by atoms with Crippen LogP contribution in [0.5, 0.6) is 0 Å². The second-order valence-electron chi connectivity index (χ2n) is 4.80. The number of nitrogens with zero attached hydrogens (tertiary/aromatic N) is 1. The highest BCUT2D eigenvalue weighted by molar-refractivity contribution is 7.89. The van der Waals surface area contributed by atoms with Gasteiger partial charge in [-0.3, -0.25) is 0 Å². The molecule has 4 nitrogen and oxygen atoms in total. The van der Waals surface area contributed by atoms with E-state index >= 15 is 0 Å². The number of hydrogen-bond acceptors (Lipinski definition) is 3. The number of benzene rings is 1. The molecule has 0 aliphatic heterocycles. The molecular formula is C14H23NO3S. The summed E-state index contributed by atoms with van der Waals surface area (Å²) in [7, 11) is -3.51. The van der Waals surface area contributed by atoms with Gasteiger partial charge in [-0.15, -0.1) is 0 Å². The first-order chi connectivity index (χ1) is 8.91. The first kappa shape index (κ1) is 16.1. The summed E-state index contributed by atoms with van der Waals surface area (Å²) in [5, 5.41) is 9.05. The third-order valence-corrected chi connectivity index (χ3v) is 4.82. The molecule has 0 spiro atoms. The quantitative estimate of drug-likeness (QED) is 0.834. The molecule has 1 N–H and O–H groups in total. The summed E-state index contributed by atoms with van der Waals surface area (Å²) in [5.41, 5.74) is 1.86. The highest BCUT2D eigenvalue weighted by Gasteiger charge is 2.23. The SMILES string of the molecule is CCCCN(CCO)S(=O)(=O)c1cc(C)cc(C)c1. The van der Waals surface area contributed by atoms with E-state index in [-0.39, 0.29) is 13.2 Å². The van der Waals surface area contributed by atoms with Gasteiger partial charge in [0.05, 0.1) is 11.5 Å². The highest BCUT2D eigenvalue weighted by Crippen LogP contribution is 2.19. The number of aliphatic hydroxyl groups is 1. The molecule has 0 radical (unpaired) electrons. The lowest BCUT2D eigenvalue weighted by Gasteiger charge is -2.21. The summed E-state index contributed by atoms with van der Waals surface area (Å²) in [4.78, 5) is 0.314. The molecule has 0 aromatic heterocycles. The summed E-state index contributed by atoms with van der Waals surface area (Å²) < 4.78 is 26.5. The van der Waals surface area contributed by atoms with E-state index in [1.54, 1.807) is 12.1 Å². The Labute approximate surface area is 116 Å². The third kappa shape index (κ3) is 4.30. The van der Waals surface area contributed by atoms with Crippen molar-refractivity contribution in [2.45, 2.75) is 38.5 Å². The van der Waals surface area contributed by atoms with Crippen molar-refractivity contribution in [1.29, 1.82) is 0 Å². The number of unbranched alkanes of at least 4 members (excludes halogenated alkanes) is 1. The molecule has 5 heteroatoms. The van der Waals surface area contributed by atoms with Crippen molar-refractivity contribution < 1.29 is 13.5 Å². The normalized spacial score (nSPS) is 12.1. The summed E-state index contributed by atoms with van der Waals surface area (Å²) in [5.74, 6) is 0. The lowest BCUT2D eigenvalue weighted by Crippen LogP contribution is -2.34.